The van der Waals surface area contributed by atoms with E-state index in [1.54, 1.807) is 28.4 Å². The molecule has 0 atom stereocenters. The second-order valence-corrected chi connectivity index (χ2v) is 10.0. The lowest BCUT2D eigenvalue weighted by Gasteiger charge is -2.26. The summed E-state index contributed by atoms with van der Waals surface area (Å²) in [4.78, 5) is 0. The van der Waals surface area contributed by atoms with Crippen molar-refractivity contribution in [1.29, 1.82) is 0 Å². The molecule has 1 aliphatic carbocycles. The van der Waals surface area contributed by atoms with Crippen molar-refractivity contribution in [3.05, 3.63) is 41.6 Å². The van der Waals surface area contributed by atoms with E-state index in [1.807, 2.05) is 0 Å². The van der Waals surface area contributed by atoms with Gasteiger partial charge in [-0.05, 0) is 48.1 Å². The molecule has 9 nitrogen and oxygen atoms in total. The van der Waals surface area contributed by atoms with Crippen LogP contribution in [0, 0.1) is 0 Å². The van der Waals surface area contributed by atoms with Crippen LogP contribution >= 0.6 is 0 Å². The monoisotopic (exact) mass is 531 g/mol. The Bertz CT molecular complexity index is 1400. The maximum atomic E-state index is 8.52. The molecule has 10 heteroatoms. The van der Waals surface area contributed by atoms with Gasteiger partial charge in [0.1, 0.15) is 0 Å². The molecule has 1 fully saturated rings. The highest BCUT2D eigenvalue weighted by molar-refractivity contribution is 7.79. The molecule has 0 radical (unpaired) electrons. The molecule has 0 spiro atoms. The number of pyridine rings is 1. The molecule has 5 rings (SSSR count). The Hall–Kier alpha value is -3.08. The lowest BCUT2D eigenvalue weighted by Crippen LogP contribution is -2.45. The van der Waals surface area contributed by atoms with Crippen LogP contribution in [0.15, 0.2) is 30.3 Å². The summed E-state index contributed by atoms with van der Waals surface area (Å²) in [5.74, 6) is 3.68. The predicted molar refractivity (Wildman–Crippen MR) is 137 cm³/mol. The zero-order valence-electron chi connectivity index (χ0n) is 22.5. The highest BCUT2D eigenvalue weighted by Crippen LogP contribution is 2.43. The molecule has 2 heterocycles. The van der Waals surface area contributed by atoms with Crippen LogP contribution in [0.2, 0.25) is 0 Å². The number of hydrogen-bond donors (Lipinski definition) is 0. The molecule has 200 valence electrons. The van der Waals surface area contributed by atoms with Crippen LogP contribution < -0.4 is 23.5 Å². The van der Waals surface area contributed by atoms with E-state index in [-0.39, 0.29) is 1.43 Å². The van der Waals surface area contributed by atoms with Gasteiger partial charge >= 0.3 is 1.43 Å². The minimum absolute atomic E-state index is 0. The molecule has 2 aliphatic rings. The van der Waals surface area contributed by atoms with Crippen LogP contribution in [0.25, 0.3) is 22.0 Å². The molecule has 1 aliphatic heterocycles. The summed E-state index contributed by atoms with van der Waals surface area (Å²) < 4.78 is 59.2. The van der Waals surface area contributed by atoms with Crippen molar-refractivity contribution in [3.8, 4) is 34.3 Å². The van der Waals surface area contributed by atoms with Gasteiger partial charge < -0.3 is 28.1 Å². The van der Waals surface area contributed by atoms with E-state index in [0.29, 0.717) is 5.92 Å². The van der Waals surface area contributed by atoms with E-state index in [0.717, 1.165) is 36.0 Å². The van der Waals surface area contributed by atoms with Crippen molar-refractivity contribution in [2.24, 2.45) is 0 Å². The maximum absolute atomic E-state index is 8.52. The molecule has 0 saturated heterocycles. The zero-order chi connectivity index (χ0) is 26.7. The Kier molecular flexibility index (Phi) is 8.11. The third-order valence-electron chi connectivity index (χ3n) is 7.19. The lowest BCUT2D eigenvalue weighted by atomic mass is 9.83. The van der Waals surface area contributed by atoms with Crippen molar-refractivity contribution in [1.82, 2.24) is 0 Å². The molecule has 3 aromatic rings. The van der Waals surface area contributed by atoms with Crippen molar-refractivity contribution in [2.75, 3.05) is 28.4 Å². The van der Waals surface area contributed by atoms with E-state index < -0.39 is 10.4 Å². The fourth-order valence-electron chi connectivity index (χ4n) is 5.62. The number of aryl methyl sites for hydroxylation is 1. The second-order valence-electron chi connectivity index (χ2n) is 9.22. The van der Waals surface area contributed by atoms with Gasteiger partial charge in [0.2, 0.25) is 5.69 Å². The first kappa shape index (κ1) is 27.0. The summed E-state index contributed by atoms with van der Waals surface area (Å²) in [5.41, 5.74) is 5.21. The summed E-state index contributed by atoms with van der Waals surface area (Å²) >= 11 is 0. The molecule has 0 N–H and O–H groups in total. The van der Waals surface area contributed by atoms with Crippen LogP contribution in [0.1, 0.15) is 50.7 Å². The number of fused-ring (bicyclic) bond motifs is 4. The van der Waals surface area contributed by atoms with Gasteiger partial charge in [0.25, 0.3) is 0 Å². The summed E-state index contributed by atoms with van der Waals surface area (Å²) in [6.07, 6.45) is 7.39. The number of aromatic nitrogens is 1. The fourth-order valence-corrected chi connectivity index (χ4v) is 5.62. The SMILES string of the molecule is COc1cc2c(cc1OC)-c1cc3cc(OC)c(OC)cc3c(C3CCCCC3)[n+]1CC2.O=S(=O)([O-])[O-].[H+]. The smallest absolute Gasteiger partial charge is 0.759 e. The highest BCUT2D eigenvalue weighted by Gasteiger charge is 2.34. The van der Waals surface area contributed by atoms with Gasteiger partial charge in [0, 0.05) is 28.8 Å². The topological polar surface area (TPSA) is 121 Å². The third-order valence-corrected chi connectivity index (χ3v) is 7.19. The van der Waals surface area contributed by atoms with Crippen LogP contribution in [0.5, 0.6) is 23.0 Å². The summed E-state index contributed by atoms with van der Waals surface area (Å²) in [6.45, 7) is 0.966. The third kappa shape index (κ3) is 5.76. The number of hydrogen-bond acceptors (Lipinski definition) is 8. The molecular weight excluding hydrogens is 498 g/mol. The Morgan fingerprint density at radius 2 is 1.35 bits per heavy atom. The number of rotatable bonds is 5. The molecule has 37 heavy (non-hydrogen) atoms. The Morgan fingerprint density at radius 3 is 1.95 bits per heavy atom. The number of ether oxygens (including phenoxy) is 4. The molecule has 1 aromatic heterocycles. The molecular formula is C27H33NO8S. The summed E-state index contributed by atoms with van der Waals surface area (Å²) in [7, 11) is 1.65. The first-order valence-corrected chi connectivity index (χ1v) is 13.6. The number of nitrogens with zero attached hydrogens (tertiary/aromatic N) is 1. The maximum Gasteiger partial charge on any atom is 1.00 e. The average Bonchev–Trinajstić information content (AvgIpc) is 2.89. The van der Waals surface area contributed by atoms with Gasteiger partial charge in [-0.2, -0.15) is 4.57 Å². The van der Waals surface area contributed by atoms with Crippen LogP contribution in [0.3, 0.4) is 0 Å². The second kappa shape index (κ2) is 11.1. The van der Waals surface area contributed by atoms with E-state index >= 15 is 0 Å². The van der Waals surface area contributed by atoms with E-state index in [2.05, 4.69) is 34.9 Å². The quantitative estimate of drug-likeness (QED) is 0.273. The first-order valence-electron chi connectivity index (χ1n) is 12.2. The number of methoxy groups -OCH3 is 4. The van der Waals surface area contributed by atoms with E-state index in [9.17, 15) is 0 Å². The highest BCUT2D eigenvalue weighted by atomic mass is 32.3. The van der Waals surface area contributed by atoms with Crippen LogP contribution in [-0.4, -0.2) is 46.0 Å². The standard InChI is InChI=1S/C27H32NO4.H2O4S/c1-29-23-13-18-10-11-28-22(20(18)15-25(23)31-3)12-19-14-24(30-2)26(32-4)16-21(19)27(28)17-8-6-5-7-9-17;1-5(2,3)4/h12-17H,5-11H2,1-4H3;(H2,1,2,3,4)/q+1;/p-1. The van der Waals surface area contributed by atoms with Gasteiger partial charge in [-0.25, -0.2) is 0 Å². The lowest BCUT2D eigenvalue weighted by molar-refractivity contribution is -0.695. The minimum atomic E-state index is -5.17. The van der Waals surface area contributed by atoms with Crippen molar-refractivity contribution < 1.29 is 42.5 Å². The Balaban J connectivity index is 0.000000612. The van der Waals surface area contributed by atoms with Gasteiger partial charge in [-0.1, -0.05) is 19.3 Å². The van der Waals surface area contributed by atoms with Crippen molar-refractivity contribution in [3.63, 3.8) is 0 Å². The molecule has 0 unspecified atom stereocenters. The Morgan fingerprint density at radius 1 is 0.811 bits per heavy atom. The van der Waals surface area contributed by atoms with Crippen molar-refractivity contribution >= 4 is 21.2 Å². The molecule has 2 aromatic carbocycles. The minimum Gasteiger partial charge on any atom is -0.759 e. The predicted octanol–water partition coefficient (Wildman–Crippen LogP) is 4.21. The largest absolute Gasteiger partial charge is 1.00 e. The van der Waals surface area contributed by atoms with Crippen LogP contribution in [-0.2, 0) is 23.4 Å². The van der Waals surface area contributed by atoms with E-state index in [1.165, 1.54) is 65.4 Å². The molecule has 1 saturated carbocycles. The van der Waals surface area contributed by atoms with E-state index in [4.69, 9.17) is 36.5 Å². The van der Waals surface area contributed by atoms with Crippen LogP contribution in [0.4, 0.5) is 0 Å². The molecule has 0 bridgehead atoms. The Labute approximate surface area is 219 Å². The van der Waals surface area contributed by atoms with Gasteiger partial charge in [0.05, 0.1) is 39.4 Å². The summed E-state index contributed by atoms with van der Waals surface area (Å²) in [5, 5.41) is 2.47. The first-order chi connectivity index (χ1) is 17.7. The number of benzene rings is 2. The average molecular weight is 532 g/mol. The molecule has 0 amide bonds. The van der Waals surface area contributed by atoms with Gasteiger partial charge in [0.15, 0.2) is 35.2 Å². The summed E-state index contributed by atoms with van der Waals surface area (Å²) in [6, 6.07) is 10.9. The normalized spacial score (nSPS) is 15.2. The van der Waals surface area contributed by atoms with Gasteiger partial charge in [-0.3, -0.25) is 8.42 Å². The fraction of sp³-hybridized carbons (Fsp3) is 0.444. The van der Waals surface area contributed by atoms with Gasteiger partial charge in [-0.15, -0.1) is 0 Å². The zero-order valence-corrected chi connectivity index (χ0v) is 22.4. The van der Waals surface area contributed by atoms with Crippen molar-refractivity contribution in [2.45, 2.75) is 51.0 Å².